The number of pyridine rings is 1. The first-order valence-corrected chi connectivity index (χ1v) is 10.7. The van der Waals surface area contributed by atoms with Crippen molar-refractivity contribution in [2.24, 2.45) is 10.7 Å². The summed E-state index contributed by atoms with van der Waals surface area (Å²) in [6.07, 6.45) is 6.77. The van der Waals surface area contributed by atoms with E-state index in [1.807, 2.05) is 45.0 Å². The number of hydrogen-bond donors (Lipinski definition) is 3. The Hall–Kier alpha value is -3.72. The number of nitrogens with zero attached hydrogens (tertiary/aromatic N) is 4. The number of hydrogen-bond acceptors (Lipinski definition) is 9. The molecule has 0 unspecified atom stereocenters. The summed E-state index contributed by atoms with van der Waals surface area (Å²) in [7, 11) is 3.30. The minimum absolute atomic E-state index is 0.342. The maximum atomic E-state index is 5.78. The fraction of sp³-hybridized carbons (Fsp3) is 0.333. The van der Waals surface area contributed by atoms with E-state index in [1.165, 1.54) is 6.20 Å². The van der Waals surface area contributed by atoms with E-state index in [2.05, 4.69) is 25.6 Å². The molecule has 0 aliphatic carbocycles. The van der Waals surface area contributed by atoms with Crippen molar-refractivity contribution in [2.75, 3.05) is 37.9 Å². The van der Waals surface area contributed by atoms with Crippen molar-refractivity contribution >= 4 is 40.1 Å². The Balaban J connectivity index is 1.90. The Kier molecular flexibility index (Phi) is 7.78. The van der Waals surface area contributed by atoms with Crippen molar-refractivity contribution in [3.8, 4) is 5.75 Å². The smallest absolute Gasteiger partial charge is 0.227 e. The molecule has 0 radical (unpaired) electrons. The summed E-state index contributed by atoms with van der Waals surface area (Å²) >= 11 is 0. The minimum atomic E-state index is -0.342. The summed E-state index contributed by atoms with van der Waals surface area (Å²) in [5.74, 6) is 1.72. The van der Waals surface area contributed by atoms with Gasteiger partial charge in [0, 0.05) is 56.0 Å². The largest absolute Gasteiger partial charge is 0.495 e. The van der Waals surface area contributed by atoms with E-state index < -0.39 is 0 Å². The highest BCUT2D eigenvalue weighted by Crippen LogP contribution is 2.30. The summed E-state index contributed by atoms with van der Waals surface area (Å²) in [6, 6.07) is 7.60. The monoisotopic (exact) mass is 449 g/mol. The van der Waals surface area contributed by atoms with E-state index >= 15 is 0 Å². The molecule has 9 nitrogen and oxygen atoms in total. The van der Waals surface area contributed by atoms with Crippen LogP contribution in [0.1, 0.15) is 26.3 Å². The van der Waals surface area contributed by atoms with Gasteiger partial charge in [0.15, 0.2) is 5.82 Å². The van der Waals surface area contributed by atoms with Crippen LogP contribution in [0.2, 0.25) is 0 Å². The third kappa shape index (κ3) is 5.95. The number of nitrogens with two attached hydrogens (primary N) is 1. The number of aromatic nitrogens is 3. The van der Waals surface area contributed by atoms with Crippen molar-refractivity contribution in [2.45, 2.75) is 26.4 Å². The molecule has 0 saturated heterocycles. The highest BCUT2D eigenvalue weighted by atomic mass is 16.5. The molecule has 2 aromatic heterocycles. The average Bonchev–Trinajstić information content (AvgIpc) is 2.83. The van der Waals surface area contributed by atoms with Crippen molar-refractivity contribution < 1.29 is 9.47 Å². The zero-order chi connectivity index (χ0) is 23.8. The quantitative estimate of drug-likeness (QED) is 0.397. The number of ether oxygens (including phenoxy) is 2. The fourth-order valence-electron chi connectivity index (χ4n) is 3.01. The van der Waals surface area contributed by atoms with Gasteiger partial charge in [0.1, 0.15) is 11.3 Å². The Bertz CT molecular complexity index is 1160. The standard InChI is InChI=1S/C24H31N7O2/c1-6-26-13-18(12-25)16-7-8-19(20(11-16)32-4)30-23-28-14-17-9-10-27-22(21(17)31-23)29-15-24(2,3)33-5/h7-14H,6,15,25H2,1-5H3,(H,27,29)(H,28,30,31). The van der Waals surface area contributed by atoms with Crippen LogP contribution in [0.5, 0.6) is 5.75 Å². The first-order valence-electron chi connectivity index (χ1n) is 10.7. The van der Waals surface area contributed by atoms with Crippen LogP contribution in [-0.4, -0.2) is 54.1 Å². The lowest BCUT2D eigenvalue weighted by atomic mass is 10.1. The van der Waals surface area contributed by atoms with Gasteiger partial charge in [0.05, 0.1) is 18.4 Å². The lowest BCUT2D eigenvalue weighted by Gasteiger charge is -2.23. The van der Waals surface area contributed by atoms with Gasteiger partial charge in [-0.1, -0.05) is 6.07 Å². The van der Waals surface area contributed by atoms with E-state index in [4.69, 9.17) is 20.2 Å². The number of allylic oxidation sites excluding steroid dienone is 1. The lowest BCUT2D eigenvalue weighted by molar-refractivity contribution is 0.0343. The molecule has 4 N–H and O–H groups in total. The van der Waals surface area contributed by atoms with Crippen LogP contribution in [0.25, 0.3) is 16.5 Å². The second kappa shape index (κ2) is 10.7. The van der Waals surface area contributed by atoms with Gasteiger partial charge in [-0.3, -0.25) is 4.99 Å². The molecule has 0 spiro atoms. The van der Waals surface area contributed by atoms with Gasteiger partial charge in [-0.05, 0) is 44.5 Å². The Labute approximate surface area is 194 Å². The van der Waals surface area contributed by atoms with Crippen LogP contribution in [0.4, 0.5) is 17.5 Å². The zero-order valence-corrected chi connectivity index (χ0v) is 19.7. The summed E-state index contributed by atoms with van der Waals surface area (Å²) in [6.45, 7) is 7.24. The number of aliphatic imine (C=N–C) groups is 1. The van der Waals surface area contributed by atoms with Crippen molar-refractivity contribution in [1.82, 2.24) is 15.0 Å². The summed E-state index contributed by atoms with van der Waals surface area (Å²) < 4.78 is 11.1. The van der Waals surface area contributed by atoms with Crippen LogP contribution in [0.3, 0.4) is 0 Å². The molecule has 0 aliphatic heterocycles. The molecule has 0 fully saturated rings. The summed E-state index contributed by atoms with van der Waals surface area (Å²) in [5.41, 5.74) is 8.58. The third-order valence-electron chi connectivity index (χ3n) is 5.11. The molecule has 174 valence electrons. The highest BCUT2D eigenvalue weighted by molar-refractivity contribution is 6.09. The minimum Gasteiger partial charge on any atom is -0.495 e. The number of rotatable bonds is 10. The normalized spacial score (nSPS) is 12.3. The number of benzene rings is 1. The molecule has 2 heterocycles. The van der Waals surface area contributed by atoms with E-state index in [0.717, 1.165) is 22.2 Å². The molecule has 0 bridgehead atoms. The van der Waals surface area contributed by atoms with E-state index in [9.17, 15) is 0 Å². The van der Waals surface area contributed by atoms with Gasteiger partial charge in [0.2, 0.25) is 5.95 Å². The second-order valence-corrected chi connectivity index (χ2v) is 7.90. The molecular weight excluding hydrogens is 418 g/mol. The van der Waals surface area contributed by atoms with Crippen molar-refractivity contribution in [3.05, 3.63) is 48.4 Å². The van der Waals surface area contributed by atoms with Gasteiger partial charge in [-0.25, -0.2) is 15.0 Å². The van der Waals surface area contributed by atoms with Crippen LogP contribution in [0.15, 0.2) is 47.9 Å². The Morgan fingerprint density at radius 3 is 2.73 bits per heavy atom. The topological polar surface area (TPSA) is 120 Å². The number of fused-ring (bicyclic) bond motifs is 1. The predicted molar refractivity (Wildman–Crippen MR) is 134 cm³/mol. The van der Waals surface area contributed by atoms with Crippen LogP contribution < -0.4 is 21.1 Å². The SMILES string of the molecule is CCN=CC(=CN)c1ccc(Nc2ncc3ccnc(NCC(C)(C)OC)c3n2)c(OC)c1. The lowest BCUT2D eigenvalue weighted by Crippen LogP contribution is -2.32. The molecule has 9 heteroatoms. The molecule has 0 atom stereocenters. The average molecular weight is 450 g/mol. The maximum Gasteiger partial charge on any atom is 0.227 e. The number of methoxy groups -OCH3 is 2. The Morgan fingerprint density at radius 1 is 1.21 bits per heavy atom. The first kappa shape index (κ1) is 23.9. The van der Waals surface area contributed by atoms with Gasteiger partial charge in [-0.2, -0.15) is 0 Å². The summed E-state index contributed by atoms with van der Waals surface area (Å²) in [5, 5.41) is 7.45. The second-order valence-electron chi connectivity index (χ2n) is 7.90. The van der Waals surface area contributed by atoms with Crippen molar-refractivity contribution in [3.63, 3.8) is 0 Å². The van der Waals surface area contributed by atoms with Crippen LogP contribution in [-0.2, 0) is 4.74 Å². The number of anilines is 3. The summed E-state index contributed by atoms with van der Waals surface area (Å²) in [4.78, 5) is 17.9. The maximum absolute atomic E-state index is 5.78. The predicted octanol–water partition coefficient (Wildman–Crippen LogP) is 4.00. The van der Waals surface area contributed by atoms with E-state index in [0.29, 0.717) is 36.1 Å². The molecule has 0 amide bonds. The zero-order valence-electron chi connectivity index (χ0n) is 19.7. The Morgan fingerprint density at radius 2 is 2.03 bits per heavy atom. The molecule has 3 aromatic rings. The number of nitrogens with one attached hydrogen (secondary N) is 2. The molecule has 3 rings (SSSR count). The highest BCUT2D eigenvalue weighted by Gasteiger charge is 2.17. The van der Waals surface area contributed by atoms with Gasteiger partial charge < -0.3 is 25.8 Å². The fourth-order valence-corrected chi connectivity index (χ4v) is 3.01. The molecule has 0 aliphatic rings. The van der Waals surface area contributed by atoms with Crippen LogP contribution in [0, 0.1) is 0 Å². The molecular formula is C24H31N7O2. The van der Waals surface area contributed by atoms with E-state index in [-0.39, 0.29) is 5.60 Å². The molecule has 1 aromatic carbocycles. The van der Waals surface area contributed by atoms with Gasteiger partial charge in [-0.15, -0.1) is 0 Å². The van der Waals surface area contributed by atoms with Gasteiger partial charge in [0.25, 0.3) is 0 Å². The molecule has 33 heavy (non-hydrogen) atoms. The van der Waals surface area contributed by atoms with Crippen LogP contribution >= 0.6 is 0 Å². The third-order valence-corrected chi connectivity index (χ3v) is 5.11. The van der Waals surface area contributed by atoms with Crippen molar-refractivity contribution in [1.29, 1.82) is 0 Å². The van der Waals surface area contributed by atoms with Gasteiger partial charge >= 0.3 is 0 Å². The first-order chi connectivity index (χ1) is 15.9. The molecule has 0 saturated carbocycles. The van der Waals surface area contributed by atoms with E-state index in [1.54, 1.807) is 32.8 Å².